The van der Waals surface area contributed by atoms with E-state index in [2.05, 4.69) is 47.9 Å². The van der Waals surface area contributed by atoms with Crippen LogP contribution < -0.4 is 10.9 Å². The minimum absolute atomic E-state index is 0.122. The lowest BCUT2D eigenvalue weighted by Gasteiger charge is -2.09. The summed E-state index contributed by atoms with van der Waals surface area (Å²) in [6.45, 7) is 3.31. The fraction of sp³-hybridized carbons (Fsp3) is 0.500. The van der Waals surface area contributed by atoms with E-state index < -0.39 is 0 Å². The third-order valence-electron chi connectivity index (χ3n) is 2.78. The van der Waals surface area contributed by atoms with Crippen molar-refractivity contribution in [2.24, 2.45) is 0 Å². The lowest BCUT2D eigenvalue weighted by Crippen LogP contribution is -2.24. The summed E-state index contributed by atoms with van der Waals surface area (Å²) in [5, 5.41) is 11.0. The van der Waals surface area contributed by atoms with Crippen LogP contribution in [0.1, 0.15) is 25.6 Å². The van der Waals surface area contributed by atoms with Crippen molar-refractivity contribution in [3.63, 3.8) is 0 Å². The van der Waals surface area contributed by atoms with Gasteiger partial charge in [0.05, 0.1) is 11.9 Å². The van der Waals surface area contributed by atoms with Gasteiger partial charge in [0.15, 0.2) is 5.82 Å². The molecule has 108 valence electrons. The number of nitrogens with zero attached hydrogens (tertiary/aromatic N) is 4. The van der Waals surface area contributed by atoms with Gasteiger partial charge in [0.1, 0.15) is 4.47 Å². The first-order chi connectivity index (χ1) is 9.72. The predicted octanol–water partition coefficient (Wildman–Crippen LogP) is 1.84. The molecule has 0 aliphatic carbocycles. The SMILES string of the molecule is CCCCn1ncc(NCCc2ncon2)c(Br)c1=O. The fourth-order valence-electron chi connectivity index (χ4n) is 1.67. The lowest BCUT2D eigenvalue weighted by molar-refractivity contribution is 0.410. The molecule has 2 aromatic heterocycles. The standard InChI is InChI=1S/C12H16BrN5O2/c1-2-3-6-18-12(19)11(13)9(7-16-18)14-5-4-10-15-8-20-17-10/h7-8,14H,2-6H2,1H3. The fourth-order valence-corrected chi connectivity index (χ4v) is 2.11. The molecule has 20 heavy (non-hydrogen) atoms. The van der Waals surface area contributed by atoms with Crippen LogP contribution in [0.2, 0.25) is 0 Å². The van der Waals surface area contributed by atoms with E-state index in [1.165, 1.54) is 11.1 Å². The molecule has 0 fully saturated rings. The highest BCUT2D eigenvalue weighted by molar-refractivity contribution is 9.10. The molecule has 2 rings (SSSR count). The van der Waals surface area contributed by atoms with Crippen LogP contribution in [0.4, 0.5) is 5.69 Å². The predicted molar refractivity (Wildman–Crippen MR) is 77.6 cm³/mol. The van der Waals surface area contributed by atoms with E-state index in [-0.39, 0.29) is 5.56 Å². The summed E-state index contributed by atoms with van der Waals surface area (Å²) in [6.07, 6.45) is 5.52. The molecule has 0 aliphatic rings. The summed E-state index contributed by atoms with van der Waals surface area (Å²) >= 11 is 3.32. The Kier molecular flexibility index (Phi) is 5.28. The second-order valence-electron chi connectivity index (χ2n) is 4.28. The number of unbranched alkanes of at least 4 members (excludes halogenated alkanes) is 1. The van der Waals surface area contributed by atoms with Crippen LogP contribution in [0.25, 0.3) is 0 Å². The van der Waals surface area contributed by atoms with Crippen LogP contribution >= 0.6 is 15.9 Å². The Morgan fingerprint density at radius 2 is 2.35 bits per heavy atom. The molecule has 2 heterocycles. The maximum absolute atomic E-state index is 12.1. The zero-order valence-corrected chi connectivity index (χ0v) is 12.8. The minimum atomic E-state index is -0.122. The van der Waals surface area contributed by atoms with Gasteiger partial charge >= 0.3 is 0 Å². The molecule has 1 N–H and O–H groups in total. The molecule has 0 saturated carbocycles. The molecule has 0 bridgehead atoms. The number of hydrogen-bond acceptors (Lipinski definition) is 6. The third-order valence-corrected chi connectivity index (χ3v) is 3.55. The van der Waals surface area contributed by atoms with Crippen LogP contribution in [0, 0.1) is 0 Å². The van der Waals surface area contributed by atoms with Gasteiger partial charge in [-0.2, -0.15) is 10.1 Å². The molecular formula is C12H16BrN5O2. The maximum Gasteiger partial charge on any atom is 0.283 e. The van der Waals surface area contributed by atoms with Crippen LogP contribution in [0.5, 0.6) is 0 Å². The van der Waals surface area contributed by atoms with Gasteiger partial charge in [0.2, 0.25) is 6.39 Å². The molecule has 2 aromatic rings. The number of rotatable bonds is 7. The minimum Gasteiger partial charge on any atom is -0.382 e. The van der Waals surface area contributed by atoms with Crippen molar-refractivity contribution >= 4 is 21.6 Å². The van der Waals surface area contributed by atoms with Crippen molar-refractivity contribution in [1.82, 2.24) is 19.9 Å². The van der Waals surface area contributed by atoms with Crippen molar-refractivity contribution in [2.75, 3.05) is 11.9 Å². The van der Waals surface area contributed by atoms with Crippen molar-refractivity contribution in [3.8, 4) is 0 Å². The number of halogens is 1. The molecule has 0 unspecified atom stereocenters. The summed E-state index contributed by atoms with van der Waals surface area (Å²) in [6, 6.07) is 0. The first-order valence-corrected chi connectivity index (χ1v) is 7.26. The molecule has 0 aromatic carbocycles. The Hall–Kier alpha value is -1.70. The van der Waals surface area contributed by atoms with Crippen molar-refractivity contribution in [1.29, 1.82) is 0 Å². The van der Waals surface area contributed by atoms with Crippen molar-refractivity contribution < 1.29 is 4.52 Å². The average Bonchev–Trinajstić information content (AvgIpc) is 2.96. The van der Waals surface area contributed by atoms with Crippen LogP contribution in [0.15, 0.2) is 26.4 Å². The summed E-state index contributed by atoms with van der Waals surface area (Å²) in [4.78, 5) is 16.0. The summed E-state index contributed by atoms with van der Waals surface area (Å²) in [5.74, 6) is 0.623. The van der Waals surface area contributed by atoms with E-state index in [0.717, 1.165) is 12.8 Å². The van der Waals surface area contributed by atoms with Crippen molar-refractivity contribution in [3.05, 3.63) is 33.2 Å². The number of hydrogen-bond donors (Lipinski definition) is 1. The molecule has 0 amide bonds. The molecule has 0 aliphatic heterocycles. The number of anilines is 1. The second-order valence-corrected chi connectivity index (χ2v) is 5.07. The average molecular weight is 342 g/mol. The Morgan fingerprint density at radius 1 is 1.50 bits per heavy atom. The number of nitrogens with one attached hydrogen (secondary N) is 1. The molecular weight excluding hydrogens is 326 g/mol. The molecule has 0 atom stereocenters. The smallest absolute Gasteiger partial charge is 0.283 e. The van der Waals surface area contributed by atoms with Gasteiger partial charge in [0, 0.05) is 19.5 Å². The number of aryl methyl sites for hydroxylation is 1. The van der Waals surface area contributed by atoms with E-state index in [9.17, 15) is 4.79 Å². The van der Waals surface area contributed by atoms with Crippen LogP contribution in [-0.4, -0.2) is 26.5 Å². The highest BCUT2D eigenvalue weighted by Gasteiger charge is 2.08. The van der Waals surface area contributed by atoms with E-state index in [1.54, 1.807) is 6.20 Å². The molecule has 0 spiro atoms. The first-order valence-electron chi connectivity index (χ1n) is 6.47. The summed E-state index contributed by atoms with van der Waals surface area (Å²) < 4.78 is 6.62. The van der Waals surface area contributed by atoms with Gasteiger partial charge in [-0.3, -0.25) is 4.79 Å². The zero-order valence-electron chi connectivity index (χ0n) is 11.2. The Balaban J connectivity index is 1.98. The topological polar surface area (TPSA) is 85.8 Å². The van der Waals surface area contributed by atoms with E-state index in [1.807, 2.05) is 0 Å². The normalized spacial score (nSPS) is 10.7. The Labute approximate surface area is 124 Å². The van der Waals surface area contributed by atoms with Gasteiger partial charge in [-0.1, -0.05) is 18.5 Å². The highest BCUT2D eigenvalue weighted by atomic mass is 79.9. The summed E-state index contributed by atoms with van der Waals surface area (Å²) in [5.41, 5.74) is 0.550. The first kappa shape index (κ1) is 14.7. The van der Waals surface area contributed by atoms with Gasteiger partial charge < -0.3 is 9.84 Å². The lowest BCUT2D eigenvalue weighted by atomic mass is 10.3. The van der Waals surface area contributed by atoms with Gasteiger partial charge in [-0.25, -0.2) is 4.68 Å². The van der Waals surface area contributed by atoms with Crippen LogP contribution in [-0.2, 0) is 13.0 Å². The third kappa shape index (κ3) is 3.66. The van der Waals surface area contributed by atoms with Crippen LogP contribution in [0.3, 0.4) is 0 Å². The van der Waals surface area contributed by atoms with E-state index in [4.69, 9.17) is 0 Å². The molecule has 0 saturated heterocycles. The zero-order chi connectivity index (χ0) is 14.4. The molecule has 0 radical (unpaired) electrons. The second kappa shape index (κ2) is 7.18. The highest BCUT2D eigenvalue weighted by Crippen LogP contribution is 2.16. The maximum atomic E-state index is 12.1. The Bertz CT molecular complexity index is 596. The Morgan fingerprint density at radius 3 is 3.05 bits per heavy atom. The van der Waals surface area contributed by atoms with Crippen molar-refractivity contribution in [2.45, 2.75) is 32.7 Å². The largest absolute Gasteiger partial charge is 0.382 e. The van der Waals surface area contributed by atoms with Gasteiger partial charge in [-0.05, 0) is 22.4 Å². The molecule has 8 heteroatoms. The van der Waals surface area contributed by atoms with Gasteiger partial charge in [-0.15, -0.1) is 0 Å². The van der Waals surface area contributed by atoms with Gasteiger partial charge in [0.25, 0.3) is 5.56 Å². The number of aromatic nitrogens is 4. The quantitative estimate of drug-likeness (QED) is 0.826. The summed E-state index contributed by atoms with van der Waals surface area (Å²) in [7, 11) is 0. The molecule has 7 nitrogen and oxygen atoms in total. The monoisotopic (exact) mass is 341 g/mol. The van der Waals surface area contributed by atoms with E-state index >= 15 is 0 Å². The van der Waals surface area contributed by atoms with E-state index in [0.29, 0.717) is 35.5 Å².